The van der Waals surface area contributed by atoms with Crippen molar-refractivity contribution >= 4 is 22.0 Å². The lowest BCUT2D eigenvalue weighted by Crippen LogP contribution is -2.51. The maximum absolute atomic E-state index is 12.6. The second-order valence-corrected chi connectivity index (χ2v) is 7.68. The summed E-state index contributed by atoms with van der Waals surface area (Å²) in [6.45, 7) is 0.234. The third kappa shape index (κ3) is 4.33. The number of hydrogen-bond acceptors (Lipinski definition) is 7. The number of benzene rings is 1. The Hall–Kier alpha value is -2.87. The first-order valence-corrected chi connectivity index (χ1v) is 9.33. The summed E-state index contributed by atoms with van der Waals surface area (Å²) in [6, 6.07) is 3.43. The molecular formula is C14H15F3N6O4S. The highest BCUT2D eigenvalue weighted by Crippen LogP contribution is 2.25. The number of halogens is 3. The second-order valence-electron chi connectivity index (χ2n) is 5.74. The molecule has 1 aliphatic rings. The van der Waals surface area contributed by atoms with Gasteiger partial charge >= 0.3 is 12.4 Å². The number of ether oxygens (including phenoxy) is 1. The van der Waals surface area contributed by atoms with Crippen LogP contribution in [-0.2, 0) is 10.0 Å². The highest BCUT2D eigenvalue weighted by atomic mass is 32.2. The molecule has 0 radical (unpaired) electrons. The Kier molecular flexibility index (Phi) is 5.16. The minimum atomic E-state index is -4.86. The van der Waals surface area contributed by atoms with Crippen molar-refractivity contribution in [3.63, 3.8) is 0 Å². The average Bonchev–Trinajstić information content (AvgIpc) is 3.07. The van der Waals surface area contributed by atoms with E-state index < -0.39 is 28.2 Å². The third-order valence-electron chi connectivity index (χ3n) is 3.91. The molecule has 0 bridgehead atoms. The van der Waals surface area contributed by atoms with Crippen LogP contribution >= 0.6 is 0 Å². The number of alkyl halides is 3. The number of rotatable bonds is 3. The zero-order valence-corrected chi connectivity index (χ0v) is 15.0. The van der Waals surface area contributed by atoms with Gasteiger partial charge in [-0.1, -0.05) is 0 Å². The van der Waals surface area contributed by atoms with Crippen LogP contribution in [0, 0.1) is 0 Å². The number of carbonyl (C=O) groups excluding carboxylic acids is 1. The normalized spacial score (nSPS) is 16.2. The lowest BCUT2D eigenvalue weighted by Gasteiger charge is -2.33. The molecule has 0 aliphatic carbocycles. The SMILES string of the molecule is Nc1ncn(C(=O)N2CCN(S(=O)(=O)c3ccc(OC(F)(F)F)cc3)CC2)n1. The van der Waals surface area contributed by atoms with E-state index in [9.17, 15) is 26.4 Å². The van der Waals surface area contributed by atoms with Gasteiger partial charge in [-0.2, -0.15) is 8.99 Å². The smallest absolute Gasteiger partial charge is 0.406 e. The number of carbonyl (C=O) groups is 1. The predicted octanol–water partition coefficient (Wildman–Crippen LogP) is 0.734. The molecular weight excluding hydrogens is 405 g/mol. The molecule has 1 aromatic heterocycles. The fourth-order valence-electron chi connectivity index (χ4n) is 2.60. The average molecular weight is 420 g/mol. The highest BCUT2D eigenvalue weighted by molar-refractivity contribution is 7.89. The minimum Gasteiger partial charge on any atom is -0.406 e. The molecule has 2 heterocycles. The van der Waals surface area contributed by atoms with Crippen LogP contribution in [0.1, 0.15) is 0 Å². The van der Waals surface area contributed by atoms with Gasteiger partial charge in [-0.15, -0.1) is 18.3 Å². The molecule has 0 spiro atoms. The Bertz CT molecular complexity index is 952. The first kappa shape index (κ1) is 19.9. The Morgan fingerprint density at radius 2 is 1.71 bits per heavy atom. The number of nitrogen functional groups attached to an aromatic ring is 1. The molecule has 3 rings (SSSR count). The first-order chi connectivity index (χ1) is 13.1. The molecule has 1 fully saturated rings. The van der Waals surface area contributed by atoms with E-state index in [-0.39, 0.29) is 37.0 Å². The Morgan fingerprint density at radius 1 is 1.11 bits per heavy atom. The summed E-state index contributed by atoms with van der Waals surface area (Å²) >= 11 is 0. The van der Waals surface area contributed by atoms with E-state index in [0.717, 1.165) is 39.6 Å². The number of piperazine rings is 1. The van der Waals surface area contributed by atoms with E-state index in [1.54, 1.807) is 0 Å². The van der Waals surface area contributed by atoms with Crippen molar-refractivity contribution in [2.75, 3.05) is 31.9 Å². The molecule has 0 unspecified atom stereocenters. The summed E-state index contributed by atoms with van der Waals surface area (Å²) < 4.78 is 67.7. The van der Waals surface area contributed by atoms with Crippen molar-refractivity contribution < 1.29 is 31.1 Å². The second kappa shape index (κ2) is 7.27. The standard InChI is InChI=1S/C14H15F3N6O4S/c15-14(16,17)27-10-1-3-11(4-2-10)28(25,26)22-7-5-21(6-8-22)13(24)23-9-19-12(18)20-23/h1-4,9H,5-8H2,(H2,18,20). The first-order valence-electron chi connectivity index (χ1n) is 7.89. The molecule has 0 atom stereocenters. The van der Waals surface area contributed by atoms with Crippen LogP contribution in [0.15, 0.2) is 35.5 Å². The zero-order valence-electron chi connectivity index (χ0n) is 14.2. The summed E-state index contributed by atoms with van der Waals surface area (Å²) in [5.74, 6) is -0.582. The summed E-state index contributed by atoms with van der Waals surface area (Å²) in [6.07, 6.45) is -3.70. The molecule has 152 valence electrons. The van der Waals surface area contributed by atoms with Gasteiger partial charge in [0.15, 0.2) is 0 Å². The predicted molar refractivity (Wildman–Crippen MR) is 88.7 cm³/mol. The van der Waals surface area contributed by atoms with Gasteiger partial charge in [-0.05, 0) is 24.3 Å². The van der Waals surface area contributed by atoms with Crippen molar-refractivity contribution in [1.29, 1.82) is 0 Å². The van der Waals surface area contributed by atoms with Gasteiger partial charge < -0.3 is 15.4 Å². The number of amides is 1. The van der Waals surface area contributed by atoms with Crippen LogP contribution in [0.2, 0.25) is 0 Å². The minimum absolute atomic E-state index is 0.0130. The number of anilines is 1. The fourth-order valence-corrected chi connectivity index (χ4v) is 4.02. The summed E-state index contributed by atoms with van der Waals surface area (Å²) in [7, 11) is -3.93. The van der Waals surface area contributed by atoms with Gasteiger partial charge in [-0.3, -0.25) is 0 Å². The van der Waals surface area contributed by atoms with Crippen molar-refractivity contribution in [3.05, 3.63) is 30.6 Å². The van der Waals surface area contributed by atoms with Gasteiger partial charge in [0, 0.05) is 26.2 Å². The largest absolute Gasteiger partial charge is 0.573 e. The van der Waals surface area contributed by atoms with Gasteiger partial charge in [0.1, 0.15) is 12.1 Å². The van der Waals surface area contributed by atoms with E-state index in [0.29, 0.717) is 0 Å². The Labute approximate surface area is 157 Å². The quantitative estimate of drug-likeness (QED) is 0.776. The van der Waals surface area contributed by atoms with Crippen LogP contribution in [0.5, 0.6) is 5.75 Å². The fraction of sp³-hybridized carbons (Fsp3) is 0.357. The Morgan fingerprint density at radius 3 is 2.21 bits per heavy atom. The lowest BCUT2D eigenvalue weighted by molar-refractivity contribution is -0.274. The molecule has 2 N–H and O–H groups in total. The molecule has 1 aromatic carbocycles. The number of sulfonamides is 1. The van der Waals surface area contributed by atoms with Gasteiger partial charge in [0.2, 0.25) is 16.0 Å². The molecule has 1 amide bonds. The van der Waals surface area contributed by atoms with Crippen LogP contribution in [0.25, 0.3) is 0 Å². The molecule has 2 aromatic rings. The molecule has 14 heteroatoms. The van der Waals surface area contributed by atoms with Crippen molar-refractivity contribution in [1.82, 2.24) is 24.0 Å². The van der Waals surface area contributed by atoms with Gasteiger partial charge in [0.25, 0.3) is 0 Å². The summed E-state index contributed by atoms with van der Waals surface area (Å²) in [4.78, 5) is 17.1. The highest BCUT2D eigenvalue weighted by Gasteiger charge is 2.33. The maximum atomic E-state index is 12.6. The van der Waals surface area contributed by atoms with E-state index >= 15 is 0 Å². The van der Waals surface area contributed by atoms with Crippen LogP contribution in [0.4, 0.5) is 23.9 Å². The number of nitrogens with two attached hydrogens (primary N) is 1. The molecule has 10 nitrogen and oxygen atoms in total. The molecule has 28 heavy (non-hydrogen) atoms. The Balaban J connectivity index is 1.65. The van der Waals surface area contributed by atoms with Crippen LogP contribution in [-0.4, -0.2) is 71.0 Å². The molecule has 1 saturated heterocycles. The maximum Gasteiger partial charge on any atom is 0.573 e. The van der Waals surface area contributed by atoms with Crippen LogP contribution < -0.4 is 10.5 Å². The summed E-state index contributed by atoms with van der Waals surface area (Å²) in [5, 5.41) is 3.70. The monoisotopic (exact) mass is 420 g/mol. The number of aromatic nitrogens is 3. The van der Waals surface area contributed by atoms with E-state index in [4.69, 9.17) is 5.73 Å². The number of hydrogen-bond donors (Lipinski definition) is 1. The van der Waals surface area contributed by atoms with E-state index in [1.807, 2.05) is 0 Å². The molecule has 0 saturated carbocycles. The topological polar surface area (TPSA) is 124 Å². The number of nitrogens with zero attached hydrogens (tertiary/aromatic N) is 5. The molecule has 1 aliphatic heterocycles. The third-order valence-corrected chi connectivity index (χ3v) is 5.82. The van der Waals surface area contributed by atoms with Crippen LogP contribution in [0.3, 0.4) is 0 Å². The van der Waals surface area contributed by atoms with E-state index in [2.05, 4.69) is 14.8 Å². The van der Waals surface area contributed by atoms with Crippen molar-refractivity contribution in [2.45, 2.75) is 11.3 Å². The zero-order chi connectivity index (χ0) is 20.5. The van der Waals surface area contributed by atoms with E-state index in [1.165, 1.54) is 4.90 Å². The summed E-state index contributed by atoms with van der Waals surface area (Å²) in [5.41, 5.74) is 5.36. The van der Waals surface area contributed by atoms with Crippen molar-refractivity contribution in [2.24, 2.45) is 0 Å². The van der Waals surface area contributed by atoms with Crippen molar-refractivity contribution in [3.8, 4) is 5.75 Å². The lowest BCUT2D eigenvalue weighted by atomic mass is 10.3. The van der Waals surface area contributed by atoms with Gasteiger partial charge in [0.05, 0.1) is 4.90 Å². The van der Waals surface area contributed by atoms with Gasteiger partial charge in [-0.25, -0.2) is 18.2 Å².